The van der Waals surface area contributed by atoms with E-state index in [0.717, 1.165) is 38.8 Å². The lowest BCUT2D eigenvalue weighted by atomic mass is 9.95. The maximum absolute atomic E-state index is 12.1. The molecular weight excluding hydrogens is 344 g/mol. The molecule has 0 spiro atoms. The number of amides is 1. The van der Waals surface area contributed by atoms with E-state index in [1.807, 2.05) is 0 Å². The number of anilines is 2. The third-order valence-corrected chi connectivity index (χ3v) is 5.28. The SMILES string of the molecule is COc1nc(NCCC(=O)NC2CCCCC2)nc(N2CCCCCC2)n1. The van der Waals surface area contributed by atoms with Crippen molar-refractivity contribution >= 4 is 17.8 Å². The Kier molecular flexibility index (Phi) is 7.47. The lowest BCUT2D eigenvalue weighted by Gasteiger charge is -2.22. The zero-order valence-electron chi connectivity index (χ0n) is 16.4. The molecule has 3 rings (SSSR count). The Hall–Kier alpha value is -2.12. The van der Waals surface area contributed by atoms with E-state index in [1.54, 1.807) is 7.11 Å². The third kappa shape index (κ3) is 6.22. The third-order valence-electron chi connectivity index (χ3n) is 5.28. The van der Waals surface area contributed by atoms with Crippen molar-refractivity contribution in [1.29, 1.82) is 0 Å². The van der Waals surface area contributed by atoms with E-state index >= 15 is 0 Å². The highest BCUT2D eigenvalue weighted by atomic mass is 16.5. The number of aromatic nitrogens is 3. The van der Waals surface area contributed by atoms with Gasteiger partial charge in [-0.05, 0) is 25.7 Å². The normalized spacial score (nSPS) is 18.6. The van der Waals surface area contributed by atoms with Crippen molar-refractivity contribution in [2.24, 2.45) is 0 Å². The molecule has 1 aliphatic heterocycles. The molecule has 8 heteroatoms. The molecule has 27 heavy (non-hydrogen) atoms. The average molecular weight is 377 g/mol. The molecule has 2 heterocycles. The van der Waals surface area contributed by atoms with Gasteiger partial charge in [-0.25, -0.2) is 0 Å². The van der Waals surface area contributed by atoms with Crippen LogP contribution >= 0.6 is 0 Å². The van der Waals surface area contributed by atoms with Gasteiger partial charge >= 0.3 is 6.01 Å². The van der Waals surface area contributed by atoms with Crippen LogP contribution in [0.5, 0.6) is 6.01 Å². The molecule has 2 N–H and O–H groups in total. The molecule has 0 bridgehead atoms. The van der Waals surface area contributed by atoms with Gasteiger partial charge in [-0.1, -0.05) is 32.1 Å². The van der Waals surface area contributed by atoms with Gasteiger partial charge in [-0.15, -0.1) is 0 Å². The van der Waals surface area contributed by atoms with Gasteiger partial charge in [0.2, 0.25) is 17.8 Å². The summed E-state index contributed by atoms with van der Waals surface area (Å²) in [4.78, 5) is 27.5. The van der Waals surface area contributed by atoms with Gasteiger partial charge in [0.1, 0.15) is 0 Å². The van der Waals surface area contributed by atoms with E-state index in [-0.39, 0.29) is 5.91 Å². The highest BCUT2D eigenvalue weighted by molar-refractivity contribution is 5.76. The number of hydrogen-bond acceptors (Lipinski definition) is 7. The van der Waals surface area contributed by atoms with Gasteiger partial charge < -0.3 is 20.3 Å². The van der Waals surface area contributed by atoms with E-state index in [2.05, 4.69) is 30.5 Å². The van der Waals surface area contributed by atoms with E-state index in [4.69, 9.17) is 4.74 Å². The predicted molar refractivity (Wildman–Crippen MR) is 105 cm³/mol. The maximum atomic E-state index is 12.1. The van der Waals surface area contributed by atoms with Crippen molar-refractivity contribution in [2.75, 3.05) is 37.0 Å². The summed E-state index contributed by atoms with van der Waals surface area (Å²) >= 11 is 0. The molecule has 2 fully saturated rings. The molecule has 1 aromatic rings. The van der Waals surface area contributed by atoms with Crippen molar-refractivity contribution in [1.82, 2.24) is 20.3 Å². The maximum Gasteiger partial charge on any atom is 0.322 e. The van der Waals surface area contributed by atoms with Crippen molar-refractivity contribution in [3.05, 3.63) is 0 Å². The standard InChI is InChI=1S/C19H32N6O2/c1-27-19-23-17(22-18(24-19)25-13-7-2-3-8-14-25)20-12-11-16(26)21-15-9-5-4-6-10-15/h15H,2-14H2,1H3,(H,21,26)(H,20,22,23,24). The highest BCUT2D eigenvalue weighted by Crippen LogP contribution is 2.19. The lowest BCUT2D eigenvalue weighted by molar-refractivity contribution is -0.121. The number of rotatable bonds is 7. The van der Waals surface area contributed by atoms with Crippen LogP contribution in [0.1, 0.15) is 64.2 Å². The summed E-state index contributed by atoms with van der Waals surface area (Å²) in [6, 6.07) is 0.650. The molecule has 0 unspecified atom stereocenters. The zero-order valence-corrected chi connectivity index (χ0v) is 16.4. The van der Waals surface area contributed by atoms with E-state index < -0.39 is 0 Å². The average Bonchev–Trinajstić information content (AvgIpc) is 2.98. The Morgan fingerprint density at radius 2 is 1.74 bits per heavy atom. The number of methoxy groups -OCH3 is 1. The minimum atomic E-state index is 0.0863. The largest absolute Gasteiger partial charge is 0.467 e. The van der Waals surface area contributed by atoms with Crippen LogP contribution in [0, 0.1) is 0 Å². The van der Waals surface area contributed by atoms with Crippen LogP contribution in [-0.4, -0.2) is 53.6 Å². The number of nitrogens with one attached hydrogen (secondary N) is 2. The quantitative estimate of drug-likeness (QED) is 0.755. The fourth-order valence-electron chi connectivity index (χ4n) is 3.76. The number of ether oxygens (including phenoxy) is 1. The summed E-state index contributed by atoms with van der Waals surface area (Å²) in [5.74, 6) is 1.20. The lowest BCUT2D eigenvalue weighted by Crippen LogP contribution is -2.36. The van der Waals surface area contributed by atoms with E-state index in [1.165, 1.54) is 32.1 Å². The predicted octanol–water partition coefficient (Wildman–Crippen LogP) is 2.51. The zero-order chi connectivity index (χ0) is 18.9. The summed E-state index contributed by atoms with van der Waals surface area (Å²) in [7, 11) is 1.56. The highest BCUT2D eigenvalue weighted by Gasteiger charge is 2.17. The first-order valence-electron chi connectivity index (χ1n) is 10.3. The minimum Gasteiger partial charge on any atom is -0.467 e. The van der Waals surface area contributed by atoms with Gasteiger partial charge in [0.05, 0.1) is 7.11 Å². The molecule has 150 valence electrons. The topological polar surface area (TPSA) is 92.3 Å². The van der Waals surface area contributed by atoms with E-state index in [0.29, 0.717) is 36.9 Å². The first kappa shape index (κ1) is 19.6. The van der Waals surface area contributed by atoms with E-state index in [9.17, 15) is 4.79 Å². The summed E-state index contributed by atoms with van der Waals surface area (Å²) in [6.45, 7) is 2.40. The molecule has 0 aromatic carbocycles. The Morgan fingerprint density at radius 3 is 2.44 bits per heavy atom. The van der Waals surface area contributed by atoms with Crippen LogP contribution in [-0.2, 0) is 4.79 Å². The second kappa shape index (κ2) is 10.3. The molecule has 1 amide bonds. The second-order valence-electron chi connectivity index (χ2n) is 7.43. The summed E-state index contributed by atoms with van der Waals surface area (Å²) in [5, 5.41) is 6.29. The number of carbonyl (C=O) groups excluding carboxylic acids is 1. The Morgan fingerprint density at radius 1 is 1.04 bits per heavy atom. The molecule has 1 aromatic heterocycles. The van der Waals surface area contributed by atoms with Gasteiger partial charge in [0, 0.05) is 32.1 Å². The number of hydrogen-bond donors (Lipinski definition) is 2. The molecule has 1 aliphatic carbocycles. The molecule has 1 saturated carbocycles. The van der Waals surface area contributed by atoms with Crippen LogP contribution in [0.4, 0.5) is 11.9 Å². The van der Waals surface area contributed by atoms with Crippen LogP contribution < -0.4 is 20.3 Å². The molecule has 0 atom stereocenters. The monoisotopic (exact) mass is 376 g/mol. The smallest absolute Gasteiger partial charge is 0.322 e. The first-order valence-corrected chi connectivity index (χ1v) is 10.3. The van der Waals surface area contributed by atoms with Crippen molar-refractivity contribution < 1.29 is 9.53 Å². The van der Waals surface area contributed by atoms with Crippen LogP contribution in [0.25, 0.3) is 0 Å². The molecule has 2 aliphatic rings. The Labute approximate surface area is 161 Å². The summed E-state index contributed by atoms with van der Waals surface area (Å²) in [6.07, 6.45) is 11.1. The Balaban J connectivity index is 1.52. The molecular formula is C19H32N6O2. The fraction of sp³-hybridized carbons (Fsp3) is 0.789. The molecule has 0 radical (unpaired) electrons. The van der Waals surface area contributed by atoms with Crippen LogP contribution in [0.2, 0.25) is 0 Å². The van der Waals surface area contributed by atoms with Crippen LogP contribution in [0.15, 0.2) is 0 Å². The second-order valence-corrected chi connectivity index (χ2v) is 7.43. The number of carbonyl (C=O) groups is 1. The minimum absolute atomic E-state index is 0.0863. The molecule has 1 saturated heterocycles. The Bertz CT molecular complexity index is 598. The van der Waals surface area contributed by atoms with Crippen molar-refractivity contribution in [3.63, 3.8) is 0 Å². The summed E-state index contributed by atoms with van der Waals surface area (Å²) in [5.41, 5.74) is 0. The summed E-state index contributed by atoms with van der Waals surface area (Å²) < 4.78 is 5.24. The van der Waals surface area contributed by atoms with Gasteiger partial charge in [0.25, 0.3) is 0 Å². The number of nitrogens with zero attached hydrogens (tertiary/aromatic N) is 4. The van der Waals surface area contributed by atoms with Crippen LogP contribution in [0.3, 0.4) is 0 Å². The molecule has 8 nitrogen and oxygen atoms in total. The first-order chi connectivity index (χ1) is 13.2. The fourth-order valence-corrected chi connectivity index (χ4v) is 3.76. The van der Waals surface area contributed by atoms with Gasteiger partial charge in [-0.2, -0.15) is 15.0 Å². The van der Waals surface area contributed by atoms with Crippen molar-refractivity contribution in [3.8, 4) is 6.01 Å². The van der Waals surface area contributed by atoms with Gasteiger partial charge in [0.15, 0.2) is 0 Å². The van der Waals surface area contributed by atoms with Crippen molar-refractivity contribution in [2.45, 2.75) is 70.3 Å². The van der Waals surface area contributed by atoms with Gasteiger partial charge in [-0.3, -0.25) is 4.79 Å².